The molecule has 1 aliphatic carbocycles. The Balaban J connectivity index is 0.000000361. The quantitative estimate of drug-likeness (QED) is 0.338. The number of halogens is 1. The van der Waals surface area contributed by atoms with E-state index in [0.29, 0.717) is 5.75 Å². The highest BCUT2D eigenvalue weighted by Crippen LogP contribution is 2.33. The van der Waals surface area contributed by atoms with Crippen molar-refractivity contribution in [1.82, 2.24) is 4.98 Å². The van der Waals surface area contributed by atoms with Gasteiger partial charge in [-0.2, -0.15) is 5.90 Å². The maximum atomic E-state index is 4.87. The molecule has 0 radical (unpaired) electrons. The third-order valence-electron chi connectivity index (χ3n) is 3.18. The van der Waals surface area contributed by atoms with Crippen molar-refractivity contribution < 1.29 is 9.88 Å². The van der Waals surface area contributed by atoms with Gasteiger partial charge in [-0.15, -0.1) is 0 Å². The number of aromatic nitrogens is 1. The molecule has 0 amide bonds. The van der Waals surface area contributed by atoms with Crippen molar-refractivity contribution in [2.24, 2.45) is 5.90 Å². The van der Waals surface area contributed by atoms with Crippen LogP contribution in [-0.2, 0) is 4.99 Å². The third-order valence-corrected chi connectivity index (χ3v) is 3.18. The van der Waals surface area contributed by atoms with Crippen LogP contribution in [0.2, 0.25) is 0 Å². The molecule has 0 bridgehead atoms. The second kappa shape index (κ2) is 7.82. The Labute approximate surface area is 138 Å². The van der Waals surface area contributed by atoms with E-state index in [2.05, 4.69) is 58.7 Å². The van der Waals surface area contributed by atoms with Gasteiger partial charge in [0.15, 0.2) is 5.75 Å². The molecule has 5 heteroatoms. The largest absolute Gasteiger partial charge is 0.360 e. The lowest BCUT2D eigenvalue weighted by Gasteiger charge is -2.01. The van der Waals surface area contributed by atoms with E-state index in [0.717, 1.165) is 15.9 Å². The minimum absolute atomic E-state index is 0.591. The molecule has 1 aromatic carbocycles. The molecular formula is C16H21IN2O2. The van der Waals surface area contributed by atoms with Crippen LogP contribution in [0.5, 0.6) is 5.75 Å². The van der Waals surface area contributed by atoms with E-state index in [1.54, 1.807) is 0 Å². The van der Waals surface area contributed by atoms with E-state index in [1.165, 1.54) is 29.4 Å². The lowest BCUT2D eigenvalue weighted by Crippen LogP contribution is -2.02. The third kappa shape index (κ3) is 4.46. The average Bonchev–Trinajstić information content (AvgIpc) is 3.06. The molecule has 3 N–H and O–H groups in total. The van der Waals surface area contributed by atoms with Crippen LogP contribution in [0.4, 0.5) is 0 Å². The minimum atomic E-state index is 0.591. The van der Waals surface area contributed by atoms with E-state index in [-0.39, 0.29) is 0 Å². The van der Waals surface area contributed by atoms with Gasteiger partial charge in [-0.25, -0.2) is 0 Å². The van der Waals surface area contributed by atoms with Crippen LogP contribution in [0.1, 0.15) is 38.7 Å². The van der Waals surface area contributed by atoms with E-state index in [1.807, 2.05) is 18.2 Å². The summed E-state index contributed by atoms with van der Waals surface area (Å²) in [6.45, 7) is 4.31. The van der Waals surface area contributed by atoms with Gasteiger partial charge in [0.2, 0.25) is 0 Å². The molecule has 0 aliphatic heterocycles. The summed E-state index contributed by atoms with van der Waals surface area (Å²) in [7, 11) is 0. The van der Waals surface area contributed by atoms with Crippen LogP contribution in [0.25, 0.3) is 16.5 Å². The van der Waals surface area contributed by atoms with Gasteiger partial charge in [0, 0.05) is 32.7 Å². The molecule has 3 rings (SSSR count). The van der Waals surface area contributed by atoms with Crippen LogP contribution in [0, 0.1) is 0 Å². The van der Waals surface area contributed by atoms with Crippen LogP contribution in [0.15, 0.2) is 30.5 Å². The topological polar surface area (TPSA) is 60.3 Å². The van der Waals surface area contributed by atoms with Crippen molar-refractivity contribution in [3.63, 3.8) is 0 Å². The lowest BCUT2D eigenvalue weighted by molar-refractivity contribution is -0.211. The maximum Gasteiger partial charge on any atom is 0.169 e. The number of rotatable bonds is 3. The normalized spacial score (nSPS) is 14.0. The zero-order valence-electron chi connectivity index (χ0n) is 12.4. The van der Waals surface area contributed by atoms with Gasteiger partial charge < -0.3 is 9.87 Å². The highest BCUT2D eigenvalue weighted by Gasteiger charge is 2.12. The Kier molecular flexibility index (Phi) is 6.08. The number of alkyl halides is 1. The number of nitrogens with one attached hydrogen (secondary N) is 1. The molecule has 0 unspecified atom stereocenters. The van der Waals surface area contributed by atoms with Gasteiger partial charge in [-0.05, 0) is 37.0 Å². The fourth-order valence-electron chi connectivity index (χ4n) is 2.39. The van der Waals surface area contributed by atoms with Gasteiger partial charge in [-0.3, -0.25) is 0 Å². The zero-order valence-corrected chi connectivity index (χ0v) is 14.5. The summed E-state index contributed by atoms with van der Waals surface area (Å²) in [5, 5.41) is 1.21. The average molecular weight is 400 g/mol. The fourth-order valence-corrected chi connectivity index (χ4v) is 2.39. The predicted octanol–water partition coefficient (Wildman–Crippen LogP) is 4.75. The highest BCUT2D eigenvalue weighted by molar-refractivity contribution is 14.1. The Morgan fingerprint density at radius 2 is 2.10 bits per heavy atom. The van der Waals surface area contributed by atoms with Gasteiger partial charge in [-0.1, -0.05) is 47.5 Å². The first-order valence-electron chi connectivity index (χ1n) is 7.10. The number of nitrogens with two attached hydrogens (primary N) is 1. The number of hydrogen-bond donors (Lipinski definition) is 2. The standard InChI is InChI=1S/C13H14N2O2.C3H7I/c14-17-16-10-5-6-11-12(8-15-13(11)7-10)9-3-1-2-4-9;1-3(2)4/h3,5-8,15H,1-2,4,14H2;3H,1-2H3. The first-order valence-corrected chi connectivity index (χ1v) is 8.34. The van der Waals surface area contributed by atoms with Crippen molar-refractivity contribution in [1.29, 1.82) is 0 Å². The van der Waals surface area contributed by atoms with Crippen LogP contribution < -0.4 is 10.8 Å². The first-order chi connectivity index (χ1) is 10.1. The monoisotopic (exact) mass is 400 g/mol. The maximum absolute atomic E-state index is 4.87. The number of aromatic amines is 1. The first kappa shape index (κ1) is 16.3. The molecule has 4 nitrogen and oxygen atoms in total. The summed E-state index contributed by atoms with van der Waals surface area (Å²) in [5.41, 5.74) is 3.75. The summed E-state index contributed by atoms with van der Waals surface area (Å²) < 4.78 is 0.803. The summed E-state index contributed by atoms with van der Waals surface area (Å²) >= 11 is 2.34. The van der Waals surface area contributed by atoms with Gasteiger partial charge in [0.25, 0.3) is 0 Å². The van der Waals surface area contributed by atoms with Gasteiger partial charge in [0.05, 0.1) is 0 Å². The molecule has 114 valence electrons. The van der Waals surface area contributed by atoms with E-state index in [9.17, 15) is 0 Å². The summed E-state index contributed by atoms with van der Waals surface area (Å²) in [6.07, 6.45) is 7.97. The molecule has 1 aliphatic rings. The van der Waals surface area contributed by atoms with Gasteiger partial charge in [0.1, 0.15) is 0 Å². The summed E-state index contributed by atoms with van der Waals surface area (Å²) in [6, 6.07) is 5.75. The Morgan fingerprint density at radius 3 is 2.71 bits per heavy atom. The minimum Gasteiger partial charge on any atom is -0.360 e. The van der Waals surface area contributed by atoms with E-state index < -0.39 is 0 Å². The van der Waals surface area contributed by atoms with Crippen molar-refractivity contribution >= 4 is 39.1 Å². The Morgan fingerprint density at radius 1 is 1.33 bits per heavy atom. The van der Waals surface area contributed by atoms with Crippen molar-refractivity contribution in [2.75, 3.05) is 0 Å². The number of fused-ring (bicyclic) bond motifs is 1. The summed E-state index contributed by atoms with van der Waals surface area (Å²) in [5.74, 6) is 5.46. The number of hydrogen-bond acceptors (Lipinski definition) is 3. The Bertz CT molecular complexity index is 617. The zero-order chi connectivity index (χ0) is 15.2. The van der Waals surface area contributed by atoms with Crippen LogP contribution in [-0.4, -0.2) is 8.91 Å². The predicted molar refractivity (Wildman–Crippen MR) is 95.2 cm³/mol. The second-order valence-corrected chi connectivity index (χ2v) is 7.72. The molecule has 0 saturated heterocycles. The smallest absolute Gasteiger partial charge is 0.169 e. The van der Waals surface area contributed by atoms with E-state index in [4.69, 9.17) is 10.8 Å². The number of allylic oxidation sites excluding steroid dienone is 2. The molecule has 0 atom stereocenters. The van der Waals surface area contributed by atoms with Crippen LogP contribution >= 0.6 is 22.6 Å². The molecule has 0 fully saturated rings. The molecule has 1 aromatic heterocycles. The van der Waals surface area contributed by atoms with Gasteiger partial charge >= 0.3 is 0 Å². The number of H-pyrrole nitrogens is 1. The van der Waals surface area contributed by atoms with E-state index >= 15 is 0 Å². The van der Waals surface area contributed by atoms with Crippen LogP contribution in [0.3, 0.4) is 0 Å². The number of benzene rings is 1. The molecule has 1 heterocycles. The fraction of sp³-hybridized carbons (Fsp3) is 0.375. The SMILES string of the molecule is CC(C)I.NOOc1ccc2c(C3=CCCC3)c[nH]c2c1. The lowest BCUT2D eigenvalue weighted by atomic mass is 10.0. The summed E-state index contributed by atoms with van der Waals surface area (Å²) in [4.78, 5) is 12.2. The molecule has 2 aromatic rings. The molecule has 21 heavy (non-hydrogen) atoms. The molecular weight excluding hydrogens is 379 g/mol. The second-order valence-electron chi connectivity index (χ2n) is 5.22. The molecule has 0 saturated carbocycles. The highest BCUT2D eigenvalue weighted by atomic mass is 127. The van der Waals surface area contributed by atoms with Crippen molar-refractivity contribution in [3.05, 3.63) is 36.0 Å². The molecule has 0 spiro atoms. The van der Waals surface area contributed by atoms with Crippen molar-refractivity contribution in [3.8, 4) is 5.75 Å². The Hall–Kier alpha value is -1.05. The van der Waals surface area contributed by atoms with Crippen molar-refractivity contribution in [2.45, 2.75) is 37.0 Å².